The molecule has 0 bridgehead atoms. The summed E-state index contributed by atoms with van der Waals surface area (Å²) in [5.74, 6) is 6.46. The zero-order valence-corrected chi connectivity index (χ0v) is 11.9. The average Bonchev–Trinajstić information content (AvgIpc) is 2.52. The number of methoxy groups -OCH3 is 1. The number of carbonyl (C=O) groups is 1. The number of nitrogens with one attached hydrogen (secondary N) is 1. The molecule has 0 saturated carbocycles. The Kier molecular flexibility index (Phi) is 5.03. The van der Waals surface area contributed by atoms with Gasteiger partial charge in [0.15, 0.2) is 0 Å². The number of rotatable bonds is 5. The van der Waals surface area contributed by atoms with Gasteiger partial charge in [-0.1, -0.05) is 24.3 Å². The van der Waals surface area contributed by atoms with E-state index in [2.05, 4.69) is 5.43 Å². The number of hydrogen-bond acceptors (Lipinski definition) is 4. The summed E-state index contributed by atoms with van der Waals surface area (Å²) in [6, 6.07) is 15.3. The fourth-order valence-electron chi connectivity index (χ4n) is 1.78. The van der Waals surface area contributed by atoms with Crippen molar-refractivity contribution in [2.45, 2.75) is 10.6 Å². The highest BCUT2D eigenvalue weighted by Gasteiger charge is 2.06. The lowest BCUT2D eigenvalue weighted by Gasteiger charge is -2.08. The molecule has 0 aliphatic carbocycles. The Bertz CT molecular complexity index is 602. The number of para-hydroxylation sites is 1. The van der Waals surface area contributed by atoms with E-state index in [1.807, 2.05) is 42.5 Å². The van der Waals surface area contributed by atoms with Crippen molar-refractivity contribution in [3.63, 3.8) is 0 Å². The van der Waals surface area contributed by atoms with Gasteiger partial charge in [-0.3, -0.25) is 10.2 Å². The van der Waals surface area contributed by atoms with E-state index in [1.165, 1.54) is 0 Å². The Balaban J connectivity index is 2.09. The summed E-state index contributed by atoms with van der Waals surface area (Å²) in [7, 11) is 1.66. The molecule has 0 aliphatic heterocycles. The minimum atomic E-state index is -0.283. The van der Waals surface area contributed by atoms with Gasteiger partial charge in [-0.05, 0) is 29.8 Å². The Morgan fingerprint density at radius 1 is 1.25 bits per heavy atom. The van der Waals surface area contributed by atoms with Crippen molar-refractivity contribution in [3.05, 3.63) is 59.7 Å². The van der Waals surface area contributed by atoms with Crippen LogP contribution in [0.15, 0.2) is 53.4 Å². The molecule has 104 valence electrons. The number of hydrazine groups is 1. The molecule has 2 aromatic rings. The summed E-state index contributed by atoms with van der Waals surface area (Å²) in [5.41, 5.74) is 3.75. The van der Waals surface area contributed by atoms with Crippen molar-refractivity contribution in [1.29, 1.82) is 0 Å². The van der Waals surface area contributed by atoms with Crippen molar-refractivity contribution in [1.82, 2.24) is 5.43 Å². The standard InChI is InChI=1S/C15H16N2O2S/c1-19-13-7-2-3-8-14(13)20-10-11-5-4-6-12(9-11)15(18)17-16/h2-9H,10,16H2,1H3,(H,17,18). The van der Waals surface area contributed by atoms with Gasteiger partial charge < -0.3 is 4.74 Å². The lowest BCUT2D eigenvalue weighted by Crippen LogP contribution is -2.29. The zero-order valence-electron chi connectivity index (χ0n) is 11.1. The summed E-state index contributed by atoms with van der Waals surface area (Å²) in [6.45, 7) is 0. The van der Waals surface area contributed by atoms with E-state index < -0.39 is 0 Å². The van der Waals surface area contributed by atoms with E-state index in [-0.39, 0.29) is 5.91 Å². The van der Waals surface area contributed by atoms with Crippen LogP contribution in [0, 0.1) is 0 Å². The fraction of sp³-hybridized carbons (Fsp3) is 0.133. The van der Waals surface area contributed by atoms with Crippen LogP contribution in [-0.4, -0.2) is 13.0 Å². The van der Waals surface area contributed by atoms with E-state index in [4.69, 9.17) is 10.6 Å². The Morgan fingerprint density at radius 3 is 2.80 bits per heavy atom. The highest BCUT2D eigenvalue weighted by atomic mass is 32.2. The third-order valence-electron chi connectivity index (χ3n) is 2.78. The van der Waals surface area contributed by atoms with Crippen LogP contribution < -0.4 is 16.0 Å². The second-order valence-corrected chi connectivity index (χ2v) is 5.13. The van der Waals surface area contributed by atoms with Crippen LogP contribution in [0.5, 0.6) is 5.75 Å². The maximum absolute atomic E-state index is 11.5. The van der Waals surface area contributed by atoms with Gasteiger partial charge in [-0.2, -0.15) is 0 Å². The lowest BCUT2D eigenvalue weighted by molar-refractivity contribution is 0.0953. The van der Waals surface area contributed by atoms with Crippen LogP contribution >= 0.6 is 11.8 Å². The van der Waals surface area contributed by atoms with E-state index >= 15 is 0 Å². The number of hydrogen-bond donors (Lipinski definition) is 2. The summed E-state index contributed by atoms with van der Waals surface area (Å²) in [4.78, 5) is 12.6. The lowest BCUT2D eigenvalue weighted by atomic mass is 10.1. The van der Waals surface area contributed by atoms with Gasteiger partial charge in [-0.25, -0.2) is 5.84 Å². The predicted molar refractivity (Wildman–Crippen MR) is 80.7 cm³/mol. The van der Waals surface area contributed by atoms with E-state index in [0.717, 1.165) is 22.0 Å². The monoisotopic (exact) mass is 288 g/mol. The summed E-state index contributed by atoms with van der Waals surface area (Å²) < 4.78 is 5.31. The highest BCUT2D eigenvalue weighted by molar-refractivity contribution is 7.98. The molecule has 20 heavy (non-hydrogen) atoms. The van der Waals surface area contributed by atoms with Crippen molar-refractivity contribution in [2.24, 2.45) is 5.84 Å². The SMILES string of the molecule is COc1ccccc1SCc1cccc(C(=O)NN)c1. The van der Waals surface area contributed by atoms with Gasteiger partial charge in [0.25, 0.3) is 5.91 Å². The van der Waals surface area contributed by atoms with Gasteiger partial charge in [0.1, 0.15) is 5.75 Å². The number of carbonyl (C=O) groups excluding carboxylic acids is 1. The Hall–Kier alpha value is -1.98. The number of ether oxygens (including phenoxy) is 1. The van der Waals surface area contributed by atoms with Crippen LogP contribution in [0.4, 0.5) is 0 Å². The van der Waals surface area contributed by atoms with Crippen molar-refractivity contribution >= 4 is 17.7 Å². The van der Waals surface area contributed by atoms with Gasteiger partial charge in [0.05, 0.1) is 7.11 Å². The normalized spacial score (nSPS) is 10.1. The second kappa shape index (κ2) is 6.98. The minimum absolute atomic E-state index is 0.283. The molecule has 2 rings (SSSR count). The first-order valence-electron chi connectivity index (χ1n) is 6.10. The largest absolute Gasteiger partial charge is 0.496 e. The quantitative estimate of drug-likeness (QED) is 0.384. The molecule has 0 fully saturated rings. The molecular formula is C15H16N2O2S. The number of amides is 1. The zero-order chi connectivity index (χ0) is 14.4. The number of benzene rings is 2. The van der Waals surface area contributed by atoms with Gasteiger partial charge in [-0.15, -0.1) is 11.8 Å². The number of nitrogens with two attached hydrogens (primary N) is 1. The third kappa shape index (κ3) is 3.53. The molecule has 0 saturated heterocycles. The first-order chi connectivity index (χ1) is 9.74. The smallest absolute Gasteiger partial charge is 0.265 e. The van der Waals surface area contributed by atoms with Crippen LogP contribution in [0.3, 0.4) is 0 Å². The maximum atomic E-state index is 11.5. The topological polar surface area (TPSA) is 64.3 Å². The van der Waals surface area contributed by atoms with Gasteiger partial charge in [0, 0.05) is 16.2 Å². The van der Waals surface area contributed by atoms with Crippen LogP contribution in [0.2, 0.25) is 0 Å². The third-order valence-corrected chi connectivity index (χ3v) is 3.91. The molecule has 0 aliphatic rings. The van der Waals surface area contributed by atoms with E-state index in [9.17, 15) is 4.79 Å². The minimum Gasteiger partial charge on any atom is -0.496 e. The molecular weight excluding hydrogens is 272 g/mol. The van der Waals surface area contributed by atoms with Crippen LogP contribution in [0.25, 0.3) is 0 Å². The average molecular weight is 288 g/mol. The summed E-state index contributed by atoms with van der Waals surface area (Å²) >= 11 is 1.66. The molecule has 0 radical (unpaired) electrons. The molecule has 0 heterocycles. The van der Waals surface area contributed by atoms with E-state index in [1.54, 1.807) is 24.9 Å². The van der Waals surface area contributed by atoms with Crippen LogP contribution in [-0.2, 0) is 5.75 Å². The molecule has 0 atom stereocenters. The van der Waals surface area contributed by atoms with E-state index in [0.29, 0.717) is 5.56 Å². The molecule has 0 unspecified atom stereocenters. The molecule has 0 aromatic heterocycles. The first kappa shape index (κ1) is 14.4. The predicted octanol–water partition coefficient (Wildman–Crippen LogP) is 2.59. The Morgan fingerprint density at radius 2 is 2.05 bits per heavy atom. The summed E-state index contributed by atoms with van der Waals surface area (Å²) in [5, 5.41) is 0. The summed E-state index contributed by atoms with van der Waals surface area (Å²) in [6.07, 6.45) is 0. The second-order valence-electron chi connectivity index (χ2n) is 4.11. The van der Waals surface area contributed by atoms with Crippen LogP contribution in [0.1, 0.15) is 15.9 Å². The number of nitrogen functional groups attached to an aromatic ring is 1. The molecule has 5 heteroatoms. The van der Waals surface area contributed by atoms with Crippen molar-refractivity contribution in [2.75, 3.05) is 7.11 Å². The van der Waals surface area contributed by atoms with Gasteiger partial charge >= 0.3 is 0 Å². The number of thioether (sulfide) groups is 1. The molecule has 4 nitrogen and oxygen atoms in total. The Labute approximate surface area is 122 Å². The maximum Gasteiger partial charge on any atom is 0.265 e. The molecule has 2 aromatic carbocycles. The molecule has 1 amide bonds. The van der Waals surface area contributed by atoms with Gasteiger partial charge in [0.2, 0.25) is 0 Å². The molecule has 3 N–H and O–H groups in total. The molecule has 0 spiro atoms. The fourth-order valence-corrected chi connectivity index (χ4v) is 2.75. The first-order valence-corrected chi connectivity index (χ1v) is 7.09. The highest BCUT2D eigenvalue weighted by Crippen LogP contribution is 2.31. The van der Waals surface area contributed by atoms with Crippen molar-refractivity contribution < 1.29 is 9.53 Å². The van der Waals surface area contributed by atoms with Crippen molar-refractivity contribution in [3.8, 4) is 5.75 Å².